The predicted molar refractivity (Wildman–Crippen MR) is 69.6 cm³/mol. The molecule has 2 aromatic rings. The minimum atomic E-state index is 0.573. The molecule has 0 aliphatic rings. The number of hydrogen-bond donors (Lipinski definition) is 0. The molecule has 0 aromatic heterocycles. The van der Waals surface area contributed by atoms with Crippen LogP contribution in [0.15, 0.2) is 64.8 Å². The van der Waals surface area contributed by atoms with Gasteiger partial charge < -0.3 is 0 Å². The third-order valence-electron chi connectivity index (χ3n) is 2.31. The lowest BCUT2D eigenvalue weighted by Gasteiger charge is -1.99. The van der Waals surface area contributed by atoms with E-state index in [0.717, 1.165) is 16.9 Å². The van der Waals surface area contributed by atoms with Crippen molar-refractivity contribution in [2.75, 3.05) is 0 Å². The van der Waals surface area contributed by atoms with Crippen molar-refractivity contribution in [1.29, 1.82) is 0 Å². The van der Waals surface area contributed by atoms with Crippen LogP contribution in [0.25, 0.3) is 0 Å². The van der Waals surface area contributed by atoms with E-state index in [1.807, 2.05) is 54.6 Å². The maximum Gasteiger partial charge on any atom is 0.0898 e. The first kappa shape index (κ1) is 11.1. The first-order valence-electron chi connectivity index (χ1n) is 5.38. The number of rotatable bonds is 3. The third kappa shape index (κ3) is 3.02. The summed E-state index contributed by atoms with van der Waals surface area (Å²) in [6.07, 6.45) is 5.89. The van der Waals surface area contributed by atoms with Gasteiger partial charge in [0.1, 0.15) is 0 Å². The molecule has 0 atom stereocenters. The quantitative estimate of drug-likeness (QED) is 0.545. The Kier molecular flexibility index (Phi) is 3.67. The lowest BCUT2D eigenvalue weighted by atomic mass is 10.1. The number of nitrogens with zero attached hydrogens (tertiary/aromatic N) is 2. The van der Waals surface area contributed by atoms with Crippen molar-refractivity contribution in [3.8, 4) is 12.3 Å². The summed E-state index contributed by atoms with van der Waals surface area (Å²) < 4.78 is 0. The van der Waals surface area contributed by atoms with Crippen LogP contribution in [0.4, 0.5) is 11.4 Å². The molecular weight excluding hydrogens is 208 g/mol. The van der Waals surface area contributed by atoms with Gasteiger partial charge in [0, 0.05) is 6.42 Å². The smallest absolute Gasteiger partial charge is 0.0898 e. The van der Waals surface area contributed by atoms with E-state index in [4.69, 9.17) is 6.42 Å². The Morgan fingerprint density at radius 1 is 0.882 bits per heavy atom. The summed E-state index contributed by atoms with van der Waals surface area (Å²) in [7, 11) is 0. The zero-order valence-electron chi connectivity index (χ0n) is 9.38. The SMILES string of the molecule is C#CCc1ccccc1N=Nc1ccccc1. The minimum absolute atomic E-state index is 0.573. The fraction of sp³-hybridized carbons (Fsp3) is 0.0667. The topological polar surface area (TPSA) is 24.7 Å². The number of azo groups is 1. The van der Waals surface area contributed by atoms with E-state index in [1.54, 1.807) is 0 Å². The minimum Gasteiger partial charge on any atom is -0.151 e. The molecule has 0 saturated heterocycles. The molecule has 82 valence electrons. The van der Waals surface area contributed by atoms with Gasteiger partial charge in [0.15, 0.2) is 0 Å². The van der Waals surface area contributed by atoms with E-state index in [0.29, 0.717) is 6.42 Å². The van der Waals surface area contributed by atoms with Crippen molar-refractivity contribution in [1.82, 2.24) is 0 Å². The van der Waals surface area contributed by atoms with Gasteiger partial charge in [-0.3, -0.25) is 0 Å². The molecule has 2 heteroatoms. The molecule has 0 spiro atoms. The van der Waals surface area contributed by atoms with Gasteiger partial charge in [-0.15, -0.1) is 12.3 Å². The van der Waals surface area contributed by atoms with Crippen LogP contribution in [-0.2, 0) is 6.42 Å². The Morgan fingerprint density at radius 3 is 2.35 bits per heavy atom. The van der Waals surface area contributed by atoms with Gasteiger partial charge in [-0.05, 0) is 23.8 Å². The first-order chi connectivity index (χ1) is 8.40. The predicted octanol–water partition coefficient (Wildman–Crippen LogP) is 4.28. The molecule has 0 saturated carbocycles. The second kappa shape index (κ2) is 5.62. The molecule has 17 heavy (non-hydrogen) atoms. The van der Waals surface area contributed by atoms with Crippen molar-refractivity contribution in [2.24, 2.45) is 10.2 Å². The van der Waals surface area contributed by atoms with Crippen molar-refractivity contribution >= 4 is 11.4 Å². The highest BCUT2D eigenvalue weighted by molar-refractivity contribution is 5.47. The third-order valence-corrected chi connectivity index (χ3v) is 2.31. The summed E-state index contributed by atoms with van der Waals surface area (Å²) in [5.41, 5.74) is 2.69. The molecule has 2 rings (SSSR count). The van der Waals surface area contributed by atoms with E-state index < -0.39 is 0 Å². The molecule has 0 N–H and O–H groups in total. The zero-order chi connectivity index (χ0) is 11.9. The Balaban J connectivity index is 2.25. The summed E-state index contributed by atoms with van der Waals surface area (Å²) in [5.74, 6) is 2.62. The summed E-state index contributed by atoms with van der Waals surface area (Å²) in [5, 5.41) is 8.40. The molecular formula is C15H12N2. The van der Waals surface area contributed by atoms with Crippen LogP contribution in [0.1, 0.15) is 5.56 Å². The lowest BCUT2D eigenvalue weighted by molar-refractivity contribution is 1.19. The van der Waals surface area contributed by atoms with E-state index in [2.05, 4.69) is 16.1 Å². The molecule has 0 bridgehead atoms. The average Bonchev–Trinajstić information content (AvgIpc) is 2.39. The Hall–Kier alpha value is -2.40. The van der Waals surface area contributed by atoms with E-state index in [9.17, 15) is 0 Å². The monoisotopic (exact) mass is 220 g/mol. The summed E-state index contributed by atoms with van der Waals surface area (Å²) in [6.45, 7) is 0. The normalized spacial score (nSPS) is 10.3. The van der Waals surface area contributed by atoms with Crippen LogP contribution in [0.5, 0.6) is 0 Å². The summed E-state index contributed by atoms with van der Waals surface area (Å²) in [6, 6.07) is 17.4. The standard InChI is InChI=1S/C15H12N2/c1-2-8-13-9-6-7-12-15(13)17-16-14-10-4-3-5-11-14/h1,3-7,9-12H,8H2. The van der Waals surface area contributed by atoms with Gasteiger partial charge in [-0.1, -0.05) is 36.4 Å². The second-order valence-corrected chi connectivity index (χ2v) is 3.55. The molecule has 2 nitrogen and oxygen atoms in total. The van der Waals surface area contributed by atoms with Crippen LogP contribution in [0.3, 0.4) is 0 Å². The van der Waals surface area contributed by atoms with Gasteiger partial charge in [0.2, 0.25) is 0 Å². The number of hydrogen-bond acceptors (Lipinski definition) is 2. The average molecular weight is 220 g/mol. The Morgan fingerprint density at radius 2 is 1.59 bits per heavy atom. The Bertz CT molecular complexity index is 551. The fourth-order valence-corrected chi connectivity index (χ4v) is 1.47. The maximum atomic E-state index is 5.31. The van der Waals surface area contributed by atoms with Crippen molar-refractivity contribution in [3.05, 3.63) is 60.2 Å². The molecule has 0 heterocycles. The highest BCUT2D eigenvalue weighted by Gasteiger charge is 1.98. The molecule has 0 aliphatic heterocycles. The molecule has 0 fully saturated rings. The van der Waals surface area contributed by atoms with Crippen LogP contribution in [-0.4, -0.2) is 0 Å². The fourth-order valence-electron chi connectivity index (χ4n) is 1.47. The van der Waals surface area contributed by atoms with E-state index in [1.165, 1.54) is 0 Å². The highest BCUT2D eigenvalue weighted by atomic mass is 15.1. The van der Waals surface area contributed by atoms with Gasteiger partial charge in [-0.25, -0.2) is 0 Å². The molecule has 0 radical (unpaired) electrons. The molecule has 2 aromatic carbocycles. The van der Waals surface area contributed by atoms with Crippen LogP contribution in [0, 0.1) is 12.3 Å². The van der Waals surface area contributed by atoms with E-state index in [-0.39, 0.29) is 0 Å². The number of terminal acetylenes is 1. The zero-order valence-corrected chi connectivity index (χ0v) is 9.38. The lowest BCUT2D eigenvalue weighted by Crippen LogP contribution is -1.80. The van der Waals surface area contributed by atoms with Crippen molar-refractivity contribution in [2.45, 2.75) is 6.42 Å². The van der Waals surface area contributed by atoms with Crippen LogP contribution in [0.2, 0.25) is 0 Å². The van der Waals surface area contributed by atoms with Crippen LogP contribution >= 0.6 is 0 Å². The van der Waals surface area contributed by atoms with Crippen LogP contribution < -0.4 is 0 Å². The maximum absolute atomic E-state index is 5.31. The van der Waals surface area contributed by atoms with Gasteiger partial charge >= 0.3 is 0 Å². The highest BCUT2D eigenvalue weighted by Crippen LogP contribution is 2.22. The molecule has 0 aliphatic carbocycles. The second-order valence-electron chi connectivity index (χ2n) is 3.55. The first-order valence-corrected chi connectivity index (χ1v) is 5.38. The van der Waals surface area contributed by atoms with Gasteiger partial charge in [0.05, 0.1) is 11.4 Å². The Labute approximate surface area is 101 Å². The summed E-state index contributed by atoms with van der Waals surface area (Å²) in [4.78, 5) is 0. The summed E-state index contributed by atoms with van der Waals surface area (Å²) >= 11 is 0. The van der Waals surface area contributed by atoms with Crippen molar-refractivity contribution in [3.63, 3.8) is 0 Å². The largest absolute Gasteiger partial charge is 0.151 e. The molecule has 0 amide bonds. The van der Waals surface area contributed by atoms with Gasteiger partial charge in [-0.2, -0.15) is 10.2 Å². The van der Waals surface area contributed by atoms with Crippen molar-refractivity contribution < 1.29 is 0 Å². The van der Waals surface area contributed by atoms with Gasteiger partial charge in [0.25, 0.3) is 0 Å². The number of benzene rings is 2. The molecule has 0 unspecified atom stereocenters. The van der Waals surface area contributed by atoms with E-state index >= 15 is 0 Å².